The predicted octanol–water partition coefficient (Wildman–Crippen LogP) is 1.65. The summed E-state index contributed by atoms with van der Waals surface area (Å²) in [5.41, 5.74) is -0.0414. The fourth-order valence-corrected chi connectivity index (χ4v) is 2.26. The number of hydrogen-bond donors (Lipinski definition) is 2. The fraction of sp³-hybridized carbons (Fsp3) is 0.500. The summed E-state index contributed by atoms with van der Waals surface area (Å²) < 4.78 is 27.9. The van der Waals surface area contributed by atoms with Crippen LogP contribution in [0.4, 0.5) is 4.79 Å². The lowest BCUT2D eigenvalue weighted by molar-refractivity contribution is 0.0482. The van der Waals surface area contributed by atoms with Crippen LogP contribution in [0, 0.1) is 0 Å². The number of aliphatic hydroxyl groups is 1. The molecular weight excluding hydrogens is 294 g/mol. The third kappa shape index (κ3) is 5.73. The molecule has 0 spiro atoms. The van der Waals surface area contributed by atoms with Crippen molar-refractivity contribution in [3.63, 3.8) is 0 Å². The highest BCUT2D eigenvalue weighted by atomic mass is 32.2. The fourth-order valence-electron chi connectivity index (χ4n) is 1.63. The van der Waals surface area contributed by atoms with Crippen molar-refractivity contribution in [2.45, 2.75) is 37.3 Å². The maximum absolute atomic E-state index is 11.7. The molecule has 0 bridgehead atoms. The van der Waals surface area contributed by atoms with Gasteiger partial charge >= 0.3 is 6.09 Å². The first-order chi connectivity index (χ1) is 9.53. The van der Waals surface area contributed by atoms with Gasteiger partial charge in [-0.25, -0.2) is 13.2 Å². The Morgan fingerprint density at radius 1 is 1.29 bits per heavy atom. The molecule has 0 fully saturated rings. The van der Waals surface area contributed by atoms with E-state index in [1.54, 1.807) is 32.9 Å². The first-order valence-corrected chi connectivity index (χ1v) is 8.32. The summed E-state index contributed by atoms with van der Waals surface area (Å²) in [5.74, 6) is 0. The number of nitrogens with one attached hydrogen (secondary N) is 1. The molecule has 0 heterocycles. The summed E-state index contributed by atoms with van der Waals surface area (Å²) in [5, 5.41) is 11.9. The van der Waals surface area contributed by atoms with Crippen molar-refractivity contribution >= 4 is 15.9 Å². The lowest BCUT2D eigenvalue weighted by Gasteiger charge is -2.23. The molecule has 118 valence electrons. The number of ether oxygens (including phenoxy) is 1. The largest absolute Gasteiger partial charge is 0.444 e. The highest BCUT2D eigenvalue weighted by Crippen LogP contribution is 2.17. The van der Waals surface area contributed by atoms with E-state index in [1.165, 1.54) is 12.1 Å². The van der Waals surface area contributed by atoms with E-state index in [1.807, 2.05) is 0 Å². The molecule has 0 aliphatic heterocycles. The summed E-state index contributed by atoms with van der Waals surface area (Å²) in [6.07, 6.45) is 0.471. The van der Waals surface area contributed by atoms with Gasteiger partial charge in [0.1, 0.15) is 5.60 Å². The van der Waals surface area contributed by atoms with Crippen molar-refractivity contribution in [1.29, 1.82) is 0 Å². The van der Waals surface area contributed by atoms with Crippen molar-refractivity contribution in [3.05, 3.63) is 29.8 Å². The average molecular weight is 315 g/mol. The molecule has 0 radical (unpaired) electrons. The zero-order chi connectivity index (χ0) is 16.3. The van der Waals surface area contributed by atoms with E-state index in [0.717, 1.165) is 6.26 Å². The van der Waals surface area contributed by atoms with E-state index in [0.29, 0.717) is 5.56 Å². The summed E-state index contributed by atoms with van der Waals surface area (Å²) >= 11 is 0. The molecule has 1 aromatic rings. The molecule has 6 nitrogen and oxygen atoms in total. The minimum atomic E-state index is -3.27. The van der Waals surface area contributed by atoms with Crippen LogP contribution >= 0.6 is 0 Å². The predicted molar refractivity (Wildman–Crippen MR) is 78.7 cm³/mol. The van der Waals surface area contributed by atoms with Crippen molar-refractivity contribution in [3.8, 4) is 0 Å². The van der Waals surface area contributed by atoms with E-state index < -0.39 is 27.6 Å². The number of carbonyl (C=O) groups is 1. The molecule has 21 heavy (non-hydrogen) atoms. The van der Waals surface area contributed by atoms with Gasteiger partial charge in [-0.2, -0.15) is 0 Å². The zero-order valence-electron chi connectivity index (χ0n) is 12.6. The first-order valence-electron chi connectivity index (χ1n) is 6.43. The minimum Gasteiger partial charge on any atom is -0.444 e. The van der Waals surface area contributed by atoms with E-state index in [2.05, 4.69) is 5.32 Å². The molecule has 1 rings (SSSR count). The Hall–Kier alpha value is -1.60. The monoisotopic (exact) mass is 315 g/mol. The number of carbonyl (C=O) groups excluding carboxylic acids is 1. The molecule has 0 saturated heterocycles. The van der Waals surface area contributed by atoms with Crippen LogP contribution in [-0.4, -0.2) is 38.1 Å². The highest BCUT2D eigenvalue weighted by molar-refractivity contribution is 7.90. The maximum atomic E-state index is 11.7. The number of hydrogen-bond acceptors (Lipinski definition) is 5. The highest BCUT2D eigenvalue weighted by Gasteiger charge is 2.20. The summed E-state index contributed by atoms with van der Waals surface area (Å²) in [6, 6.07) is 5.31. The Labute approximate surface area is 125 Å². The number of amides is 1. The van der Waals surface area contributed by atoms with Crippen molar-refractivity contribution in [2.75, 3.05) is 12.9 Å². The summed E-state index contributed by atoms with van der Waals surface area (Å²) in [6.45, 7) is 4.89. The number of alkyl carbamates (subject to hydrolysis) is 1. The molecular formula is C14H21NO5S. The lowest BCUT2D eigenvalue weighted by Crippen LogP contribution is -2.36. The van der Waals surface area contributed by atoms with E-state index in [-0.39, 0.29) is 11.5 Å². The Kier molecular flexibility index (Phi) is 5.36. The van der Waals surface area contributed by atoms with Gasteiger partial charge in [-0.05, 0) is 38.5 Å². The second-order valence-corrected chi connectivity index (χ2v) is 7.74. The molecule has 2 N–H and O–H groups in total. The standard InChI is InChI=1S/C14H21NO5S/c1-14(2,3)20-13(17)15-12(9-16)10-5-7-11(8-6-10)21(4,18)19/h5-8,12,16H,9H2,1-4H3,(H,15,17). The quantitative estimate of drug-likeness (QED) is 0.881. The molecule has 0 saturated carbocycles. The molecule has 1 unspecified atom stereocenters. The summed E-state index contributed by atoms with van der Waals surface area (Å²) in [4.78, 5) is 11.9. The average Bonchev–Trinajstić information content (AvgIpc) is 2.33. The van der Waals surface area contributed by atoms with Gasteiger partial charge < -0.3 is 15.2 Å². The van der Waals surface area contributed by atoms with Gasteiger partial charge in [0.15, 0.2) is 9.84 Å². The van der Waals surface area contributed by atoms with Crippen LogP contribution in [0.2, 0.25) is 0 Å². The summed E-state index contributed by atoms with van der Waals surface area (Å²) in [7, 11) is -3.27. The van der Waals surface area contributed by atoms with Crippen LogP contribution in [0.1, 0.15) is 32.4 Å². The molecule has 7 heteroatoms. The molecule has 1 amide bonds. The topological polar surface area (TPSA) is 92.7 Å². The number of benzene rings is 1. The third-order valence-corrected chi connectivity index (χ3v) is 3.71. The second kappa shape index (κ2) is 6.44. The molecule has 0 aliphatic rings. The van der Waals surface area contributed by atoms with Gasteiger partial charge in [0, 0.05) is 6.26 Å². The van der Waals surface area contributed by atoms with Crippen LogP contribution in [0.25, 0.3) is 0 Å². The number of rotatable bonds is 4. The smallest absolute Gasteiger partial charge is 0.408 e. The lowest BCUT2D eigenvalue weighted by atomic mass is 10.1. The van der Waals surface area contributed by atoms with Gasteiger partial charge in [0.2, 0.25) is 0 Å². The van der Waals surface area contributed by atoms with Crippen LogP contribution in [-0.2, 0) is 14.6 Å². The Bertz CT molecular complexity index is 587. The van der Waals surface area contributed by atoms with E-state index >= 15 is 0 Å². The number of sulfone groups is 1. The Morgan fingerprint density at radius 2 is 1.81 bits per heavy atom. The van der Waals surface area contributed by atoms with Gasteiger partial charge in [-0.1, -0.05) is 12.1 Å². The minimum absolute atomic E-state index is 0.181. The van der Waals surface area contributed by atoms with Gasteiger partial charge in [-0.3, -0.25) is 0 Å². The molecule has 0 aliphatic carbocycles. The molecule has 0 aromatic heterocycles. The molecule has 1 aromatic carbocycles. The first kappa shape index (κ1) is 17.5. The Balaban J connectivity index is 2.84. The van der Waals surface area contributed by atoms with Crippen LogP contribution < -0.4 is 5.32 Å². The SMILES string of the molecule is CC(C)(C)OC(=O)NC(CO)c1ccc(S(C)(=O)=O)cc1. The van der Waals surface area contributed by atoms with Crippen LogP contribution in [0.3, 0.4) is 0 Å². The van der Waals surface area contributed by atoms with Crippen molar-refractivity contribution in [1.82, 2.24) is 5.32 Å². The van der Waals surface area contributed by atoms with E-state index in [9.17, 15) is 18.3 Å². The normalized spacial score (nSPS) is 13.6. The Morgan fingerprint density at radius 3 is 2.19 bits per heavy atom. The number of aliphatic hydroxyl groups excluding tert-OH is 1. The van der Waals surface area contributed by atoms with Gasteiger partial charge in [-0.15, -0.1) is 0 Å². The third-order valence-electron chi connectivity index (χ3n) is 2.58. The van der Waals surface area contributed by atoms with Crippen LogP contribution in [0.5, 0.6) is 0 Å². The van der Waals surface area contributed by atoms with Gasteiger partial charge in [0.05, 0.1) is 17.5 Å². The van der Waals surface area contributed by atoms with Crippen LogP contribution in [0.15, 0.2) is 29.2 Å². The van der Waals surface area contributed by atoms with Crippen molar-refractivity contribution < 1.29 is 23.1 Å². The maximum Gasteiger partial charge on any atom is 0.408 e. The molecule has 1 atom stereocenters. The van der Waals surface area contributed by atoms with Crippen molar-refractivity contribution in [2.24, 2.45) is 0 Å². The second-order valence-electron chi connectivity index (χ2n) is 5.72. The van der Waals surface area contributed by atoms with Gasteiger partial charge in [0.25, 0.3) is 0 Å². The van der Waals surface area contributed by atoms with E-state index in [4.69, 9.17) is 4.74 Å². The zero-order valence-corrected chi connectivity index (χ0v) is 13.4.